The first-order valence-electron chi connectivity index (χ1n) is 3.45. The van der Waals surface area contributed by atoms with E-state index in [1.807, 2.05) is 0 Å². The molecule has 0 fully saturated rings. The molecule has 0 bridgehead atoms. The maximum Gasteiger partial charge on any atom is 0.397 e. The summed E-state index contributed by atoms with van der Waals surface area (Å²) in [6.45, 7) is 6.00. The predicted octanol–water partition coefficient (Wildman–Crippen LogP) is 2.81. The van der Waals surface area contributed by atoms with E-state index in [2.05, 4.69) is 22.2 Å². The third-order valence-corrected chi connectivity index (χ3v) is 2.48. The Morgan fingerprint density at radius 3 is 1.85 bits per heavy atom. The molecule has 0 aromatic rings. The molecule has 76 valence electrons. The van der Waals surface area contributed by atoms with Gasteiger partial charge in [0, 0.05) is 0 Å². The van der Waals surface area contributed by atoms with Gasteiger partial charge >= 0.3 is 13.8 Å². The van der Waals surface area contributed by atoms with Crippen LogP contribution in [0.1, 0.15) is 0 Å². The molecule has 0 N–H and O–H groups in total. The average molecular weight is 212 g/mol. The molecule has 0 heterocycles. The van der Waals surface area contributed by atoms with Crippen molar-refractivity contribution in [3.05, 3.63) is 25.3 Å². The fourth-order valence-electron chi connectivity index (χ4n) is 0.463. The fourth-order valence-corrected chi connectivity index (χ4v) is 1.39. The highest BCUT2D eigenvalue weighted by atomic mass is 31.2. The summed E-state index contributed by atoms with van der Waals surface area (Å²) in [5.41, 5.74) is 0. The molecular formula is C7H11F2O3P. The second-order valence-corrected chi connectivity index (χ2v) is 3.97. The Morgan fingerprint density at radius 1 is 1.23 bits per heavy atom. The monoisotopic (exact) mass is 212 g/mol. The van der Waals surface area contributed by atoms with Crippen molar-refractivity contribution in [2.75, 3.05) is 13.2 Å². The molecule has 0 atom stereocenters. The molecule has 3 nitrogen and oxygen atoms in total. The number of hydrogen-bond acceptors (Lipinski definition) is 3. The van der Waals surface area contributed by atoms with Crippen molar-refractivity contribution < 1.29 is 22.4 Å². The van der Waals surface area contributed by atoms with E-state index >= 15 is 0 Å². The van der Waals surface area contributed by atoms with Crippen LogP contribution in [0.15, 0.2) is 25.3 Å². The van der Waals surface area contributed by atoms with E-state index in [9.17, 15) is 13.3 Å². The first-order valence-corrected chi connectivity index (χ1v) is 5.06. The van der Waals surface area contributed by atoms with E-state index in [0.717, 1.165) is 0 Å². The normalized spacial score (nSPS) is 11.6. The summed E-state index contributed by atoms with van der Waals surface area (Å²) in [6.07, 6.45) is -0.717. The summed E-state index contributed by atoms with van der Waals surface area (Å²) in [5, 5.41) is 0. The Kier molecular flexibility index (Phi) is 5.79. The minimum atomic E-state index is -4.30. The van der Waals surface area contributed by atoms with Crippen LogP contribution in [0.5, 0.6) is 0 Å². The van der Waals surface area contributed by atoms with Crippen LogP contribution in [0.2, 0.25) is 0 Å². The summed E-state index contributed by atoms with van der Waals surface area (Å²) >= 11 is 0. The summed E-state index contributed by atoms with van der Waals surface area (Å²) in [4.78, 5) is 0. The van der Waals surface area contributed by atoms with E-state index in [0.29, 0.717) is 0 Å². The SMILES string of the molecule is C=CCOP(=O)(OCC=C)C(F)F. The minimum absolute atomic E-state index is 0.237. The van der Waals surface area contributed by atoms with Crippen molar-refractivity contribution in [1.82, 2.24) is 0 Å². The topological polar surface area (TPSA) is 35.5 Å². The summed E-state index contributed by atoms with van der Waals surface area (Å²) < 4.78 is 44.2. The van der Waals surface area contributed by atoms with Crippen molar-refractivity contribution in [3.8, 4) is 0 Å². The molecule has 0 unspecified atom stereocenters. The van der Waals surface area contributed by atoms with Crippen LogP contribution in [0.3, 0.4) is 0 Å². The van der Waals surface area contributed by atoms with Crippen LogP contribution < -0.4 is 0 Å². The second kappa shape index (κ2) is 6.02. The summed E-state index contributed by atoms with van der Waals surface area (Å²) in [6, 6.07) is 0. The van der Waals surface area contributed by atoms with Crippen LogP contribution in [0.25, 0.3) is 0 Å². The van der Waals surface area contributed by atoms with Crippen LogP contribution >= 0.6 is 7.60 Å². The van der Waals surface area contributed by atoms with E-state index in [1.165, 1.54) is 12.2 Å². The highest BCUT2D eigenvalue weighted by Gasteiger charge is 2.36. The smallest absolute Gasteiger partial charge is 0.300 e. The van der Waals surface area contributed by atoms with Gasteiger partial charge in [0.15, 0.2) is 0 Å². The van der Waals surface area contributed by atoms with Gasteiger partial charge in [-0.15, -0.1) is 13.2 Å². The third kappa shape index (κ3) is 4.31. The highest BCUT2D eigenvalue weighted by Crippen LogP contribution is 2.54. The summed E-state index contributed by atoms with van der Waals surface area (Å²) in [7, 11) is -4.30. The second-order valence-electron chi connectivity index (χ2n) is 1.99. The maximum atomic E-state index is 12.1. The van der Waals surface area contributed by atoms with Crippen LogP contribution in [0.4, 0.5) is 8.78 Å². The zero-order valence-electron chi connectivity index (χ0n) is 6.99. The lowest BCUT2D eigenvalue weighted by Gasteiger charge is -2.15. The number of hydrogen-bond donors (Lipinski definition) is 0. The molecule has 0 aromatic carbocycles. The lowest BCUT2D eigenvalue weighted by atomic mass is 10.7. The van der Waals surface area contributed by atoms with Gasteiger partial charge in [0.25, 0.3) is 0 Å². The quantitative estimate of drug-likeness (QED) is 0.480. The lowest BCUT2D eigenvalue weighted by molar-refractivity contribution is 0.142. The molecule has 0 amide bonds. The Morgan fingerprint density at radius 2 is 1.62 bits per heavy atom. The van der Waals surface area contributed by atoms with Gasteiger partial charge in [-0.2, -0.15) is 8.78 Å². The predicted molar refractivity (Wildman–Crippen MR) is 45.9 cm³/mol. The number of rotatable bonds is 7. The molecule has 13 heavy (non-hydrogen) atoms. The zero-order chi connectivity index (χ0) is 10.3. The van der Waals surface area contributed by atoms with Crippen molar-refractivity contribution >= 4 is 7.60 Å². The van der Waals surface area contributed by atoms with Gasteiger partial charge in [-0.1, -0.05) is 12.2 Å². The zero-order valence-corrected chi connectivity index (χ0v) is 7.88. The van der Waals surface area contributed by atoms with Gasteiger partial charge in [0.05, 0.1) is 13.2 Å². The van der Waals surface area contributed by atoms with Crippen molar-refractivity contribution in [2.45, 2.75) is 6.17 Å². The van der Waals surface area contributed by atoms with Gasteiger partial charge < -0.3 is 9.05 Å². The average Bonchev–Trinajstić information content (AvgIpc) is 2.11. The molecule has 0 spiro atoms. The molecule has 0 rings (SSSR count). The Hall–Kier alpha value is -0.510. The summed E-state index contributed by atoms with van der Waals surface area (Å²) in [5.74, 6) is 0. The molecule has 0 aromatic heterocycles. The standard InChI is InChI=1S/C7H11F2O3P/c1-3-5-11-13(10,7(8)9)12-6-4-2/h3-4,7H,1-2,5-6H2. The largest absolute Gasteiger partial charge is 0.397 e. The third-order valence-electron chi connectivity index (χ3n) is 0.984. The molecule has 0 aliphatic rings. The number of halogens is 2. The molecule has 0 aliphatic heterocycles. The van der Waals surface area contributed by atoms with Crippen molar-refractivity contribution in [2.24, 2.45) is 0 Å². The molecule has 0 radical (unpaired) electrons. The Bertz CT molecular complexity index is 202. The molecular weight excluding hydrogens is 201 g/mol. The van der Waals surface area contributed by atoms with Crippen molar-refractivity contribution in [3.63, 3.8) is 0 Å². The van der Waals surface area contributed by atoms with Gasteiger partial charge in [0.2, 0.25) is 0 Å². The Balaban J connectivity index is 4.24. The number of alkyl halides is 2. The van der Waals surface area contributed by atoms with Gasteiger partial charge in [-0.05, 0) is 0 Å². The fraction of sp³-hybridized carbons (Fsp3) is 0.429. The van der Waals surface area contributed by atoms with Gasteiger partial charge in [0.1, 0.15) is 0 Å². The molecule has 0 saturated heterocycles. The van der Waals surface area contributed by atoms with Gasteiger partial charge in [-0.3, -0.25) is 4.57 Å². The van der Waals surface area contributed by atoms with Crippen LogP contribution in [-0.2, 0) is 13.6 Å². The highest BCUT2D eigenvalue weighted by molar-refractivity contribution is 7.54. The van der Waals surface area contributed by atoms with Gasteiger partial charge in [-0.25, -0.2) is 0 Å². The molecule has 0 saturated carbocycles. The molecule has 0 aliphatic carbocycles. The van der Waals surface area contributed by atoms with E-state index in [1.54, 1.807) is 0 Å². The Labute approximate surface area is 75.6 Å². The molecule has 6 heteroatoms. The van der Waals surface area contributed by atoms with E-state index in [-0.39, 0.29) is 13.2 Å². The van der Waals surface area contributed by atoms with E-state index < -0.39 is 13.8 Å². The lowest BCUT2D eigenvalue weighted by Crippen LogP contribution is -2.03. The van der Waals surface area contributed by atoms with Crippen LogP contribution in [0, 0.1) is 0 Å². The minimum Gasteiger partial charge on any atom is -0.300 e. The first-order chi connectivity index (χ1) is 6.06. The van der Waals surface area contributed by atoms with Crippen molar-refractivity contribution in [1.29, 1.82) is 0 Å². The van der Waals surface area contributed by atoms with E-state index in [4.69, 9.17) is 0 Å². The first kappa shape index (κ1) is 12.5. The van der Waals surface area contributed by atoms with Crippen LogP contribution in [-0.4, -0.2) is 19.4 Å². The maximum absolute atomic E-state index is 12.1.